The molecule has 0 spiro atoms. The van der Waals surface area contributed by atoms with Gasteiger partial charge in [-0.05, 0) is 53.0 Å². The zero-order chi connectivity index (χ0) is 13.8. The number of pyridine rings is 1. The highest BCUT2D eigenvalue weighted by atomic mass is 79.9. The molecule has 4 heteroatoms. The van der Waals surface area contributed by atoms with Crippen LogP contribution in [-0.4, -0.2) is 10.7 Å². The van der Waals surface area contributed by atoms with Crippen molar-refractivity contribution in [2.24, 2.45) is 5.73 Å². The molecule has 1 heterocycles. The molecular formula is C15H17BrN2S. The van der Waals surface area contributed by atoms with Gasteiger partial charge in [0, 0.05) is 22.5 Å². The normalized spacial score (nSPS) is 12.4. The zero-order valence-corrected chi connectivity index (χ0v) is 13.5. The van der Waals surface area contributed by atoms with Crippen LogP contribution in [0.5, 0.6) is 0 Å². The van der Waals surface area contributed by atoms with Crippen LogP contribution >= 0.6 is 27.7 Å². The molecule has 2 rings (SSSR count). The Bertz CT molecular complexity index is 572. The second-order valence-electron chi connectivity index (χ2n) is 4.57. The standard InChI is InChI=1S/C15H17BrN2S/c1-10-5-6-12(11(2)8-10)14(17)9-19-15-13(16)4-3-7-18-15/h3-8,14H,9,17H2,1-2H3. The lowest BCUT2D eigenvalue weighted by Gasteiger charge is -2.15. The molecule has 2 N–H and O–H groups in total. The van der Waals surface area contributed by atoms with Crippen LogP contribution in [0.4, 0.5) is 0 Å². The highest BCUT2D eigenvalue weighted by molar-refractivity contribution is 9.10. The number of aryl methyl sites for hydroxylation is 2. The van der Waals surface area contributed by atoms with E-state index in [0.717, 1.165) is 15.3 Å². The van der Waals surface area contributed by atoms with E-state index in [-0.39, 0.29) is 6.04 Å². The van der Waals surface area contributed by atoms with Crippen LogP contribution in [-0.2, 0) is 0 Å². The van der Waals surface area contributed by atoms with Gasteiger partial charge in [0.05, 0.1) is 0 Å². The summed E-state index contributed by atoms with van der Waals surface area (Å²) >= 11 is 5.18. The fourth-order valence-electron chi connectivity index (χ4n) is 1.98. The van der Waals surface area contributed by atoms with E-state index in [0.29, 0.717) is 0 Å². The van der Waals surface area contributed by atoms with Crippen molar-refractivity contribution in [3.8, 4) is 0 Å². The molecule has 2 aromatic rings. The molecule has 100 valence electrons. The number of halogens is 1. The first-order valence-corrected chi connectivity index (χ1v) is 7.92. The number of aromatic nitrogens is 1. The average Bonchev–Trinajstić information content (AvgIpc) is 2.37. The Kier molecular flexibility index (Phi) is 5.02. The summed E-state index contributed by atoms with van der Waals surface area (Å²) in [4.78, 5) is 4.34. The van der Waals surface area contributed by atoms with Gasteiger partial charge in [0.25, 0.3) is 0 Å². The van der Waals surface area contributed by atoms with Crippen LogP contribution in [0.2, 0.25) is 0 Å². The minimum atomic E-state index is 0.0273. The first kappa shape index (κ1) is 14.6. The van der Waals surface area contributed by atoms with E-state index < -0.39 is 0 Å². The number of rotatable bonds is 4. The molecule has 0 saturated heterocycles. The summed E-state index contributed by atoms with van der Waals surface area (Å²) < 4.78 is 1.02. The maximum Gasteiger partial charge on any atom is 0.110 e. The van der Waals surface area contributed by atoms with E-state index in [1.807, 2.05) is 12.1 Å². The van der Waals surface area contributed by atoms with Gasteiger partial charge in [-0.3, -0.25) is 0 Å². The summed E-state index contributed by atoms with van der Waals surface area (Å²) in [6, 6.07) is 10.4. The first-order valence-electron chi connectivity index (χ1n) is 6.14. The third-order valence-electron chi connectivity index (χ3n) is 2.95. The summed E-state index contributed by atoms with van der Waals surface area (Å²) in [6.07, 6.45) is 1.80. The Morgan fingerprint density at radius 3 is 2.79 bits per heavy atom. The largest absolute Gasteiger partial charge is 0.323 e. The van der Waals surface area contributed by atoms with Crippen molar-refractivity contribution in [2.75, 3.05) is 5.75 Å². The van der Waals surface area contributed by atoms with Gasteiger partial charge in [-0.15, -0.1) is 11.8 Å². The van der Waals surface area contributed by atoms with Crippen LogP contribution < -0.4 is 5.73 Å². The number of hydrogen-bond donors (Lipinski definition) is 1. The predicted octanol–water partition coefficient (Wildman–Crippen LogP) is 4.25. The van der Waals surface area contributed by atoms with E-state index in [1.54, 1.807) is 18.0 Å². The highest BCUT2D eigenvalue weighted by Gasteiger charge is 2.11. The number of thioether (sulfide) groups is 1. The van der Waals surface area contributed by atoms with Crippen LogP contribution in [0.25, 0.3) is 0 Å². The number of benzene rings is 1. The molecule has 1 aromatic heterocycles. The molecule has 0 fully saturated rings. The van der Waals surface area contributed by atoms with Crippen molar-refractivity contribution in [1.29, 1.82) is 0 Å². The smallest absolute Gasteiger partial charge is 0.110 e. The van der Waals surface area contributed by atoms with Gasteiger partial charge < -0.3 is 5.73 Å². The Balaban J connectivity index is 2.05. The second-order valence-corrected chi connectivity index (χ2v) is 6.43. The van der Waals surface area contributed by atoms with Crippen molar-refractivity contribution in [3.05, 3.63) is 57.7 Å². The number of nitrogens with two attached hydrogens (primary N) is 1. The van der Waals surface area contributed by atoms with Gasteiger partial charge >= 0.3 is 0 Å². The molecule has 19 heavy (non-hydrogen) atoms. The SMILES string of the molecule is Cc1ccc(C(N)CSc2ncccc2Br)c(C)c1. The van der Waals surface area contributed by atoms with Crippen LogP contribution in [0.1, 0.15) is 22.7 Å². The molecule has 0 saturated carbocycles. The Morgan fingerprint density at radius 2 is 2.11 bits per heavy atom. The fourth-order valence-corrected chi connectivity index (χ4v) is 3.43. The number of hydrogen-bond acceptors (Lipinski definition) is 3. The summed E-state index contributed by atoms with van der Waals surface area (Å²) in [5.74, 6) is 0.819. The molecule has 0 aliphatic heterocycles. The molecule has 0 radical (unpaired) electrons. The predicted molar refractivity (Wildman–Crippen MR) is 85.5 cm³/mol. The topological polar surface area (TPSA) is 38.9 Å². The van der Waals surface area contributed by atoms with E-state index in [2.05, 4.69) is 53.0 Å². The maximum absolute atomic E-state index is 6.28. The van der Waals surface area contributed by atoms with Gasteiger partial charge in [-0.2, -0.15) is 0 Å². The van der Waals surface area contributed by atoms with Gasteiger partial charge in [0.15, 0.2) is 0 Å². The molecule has 0 amide bonds. The summed E-state index contributed by atoms with van der Waals surface area (Å²) in [6.45, 7) is 4.21. The molecule has 0 bridgehead atoms. The van der Waals surface area contributed by atoms with Crippen LogP contribution in [0, 0.1) is 13.8 Å². The van der Waals surface area contributed by atoms with Crippen LogP contribution in [0.3, 0.4) is 0 Å². The molecular weight excluding hydrogens is 320 g/mol. The monoisotopic (exact) mass is 336 g/mol. The molecule has 0 aliphatic carbocycles. The van der Waals surface area contributed by atoms with Crippen molar-refractivity contribution in [1.82, 2.24) is 4.98 Å². The van der Waals surface area contributed by atoms with E-state index in [4.69, 9.17) is 5.73 Å². The minimum absolute atomic E-state index is 0.0273. The third-order valence-corrected chi connectivity index (χ3v) is 4.98. The van der Waals surface area contributed by atoms with Gasteiger partial charge in [-0.1, -0.05) is 23.8 Å². The van der Waals surface area contributed by atoms with Gasteiger partial charge in [-0.25, -0.2) is 4.98 Å². The summed E-state index contributed by atoms with van der Waals surface area (Å²) in [7, 11) is 0. The average molecular weight is 337 g/mol. The molecule has 1 atom stereocenters. The summed E-state index contributed by atoms with van der Waals surface area (Å²) in [5.41, 5.74) is 10.0. The Labute approximate surface area is 126 Å². The molecule has 1 aromatic carbocycles. The lowest BCUT2D eigenvalue weighted by atomic mass is 10.0. The van der Waals surface area contributed by atoms with Crippen molar-refractivity contribution in [2.45, 2.75) is 24.9 Å². The molecule has 2 nitrogen and oxygen atoms in total. The van der Waals surface area contributed by atoms with Crippen LogP contribution in [0.15, 0.2) is 46.0 Å². The van der Waals surface area contributed by atoms with E-state index in [9.17, 15) is 0 Å². The lowest BCUT2D eigenvalue weighted by Crippen LogP contribution is -2.14. The van der Waals surface area contributed by atoms with Gasteiger partial charge in [0.1, 0.15) is 5.03 Å². The zero-order valence-electron chi connectivity index (χ0n) is 11.1. The highest BCUT2D eigenvalue weighted by Crippen LogP contribution is 2.28. The third kappa shape index (κ3) is 3.81. The number of nitrogens with zero attached hydrogens (tertiary/aromatic N) is 1. The fraction of sp³-hybridized carbons (Fsp3) is 0.267. The first-order chi connectivity index (χ1) is 9.08. The van der Waals surface area contributed by atoms with E-state index >= 15 is 0 Å². The Hall–Kier alpha value is -0.840. The Morgan fingerprint density at radius 1 is 1.32 bits per heavy atom. The molecule has 1 unspecified atom stereocenters. The second kappa shape index (κ2) is 6.55. The summed E-state index contributed by atoms with van der Waals surface area (Å²) in [5, 5.41) is 0.989. The van der Waals surface area contributed by atoms with E-state index in [1.165, 1.54) is 16.7 Å². The van der Waals surface area contributed by atoms with Crippen molar-refractivity contribution >= 4 is 27.7 Å². The maximum atomic E-state index is 6.28. The minimum Gasteiger partial charge on any atom is -0.323 e. The quantitative estimate of drug-likeness (QED) is 0.848. The van der Waals surface area contributed by atoms with Gasteiger partial charge in [0.2, 0.25) is 0 Å². The van der Waals surface area contributed by atoms with Crippen molar-refractivity contribution in [3.63, 3.8) is 0 Å². The molecule has 0 aliphatic rings. The lowest BCUT2D eigenvalue weighted by molar-refractivity contribution is 0.820. The van der Waals surface area contributed by atoms with Crippen molar-refractivity contribution < 1.29 is 0 Å².